The summed E-state index contributed by atoms with van der Waals surface area (Å²) in [5.41, 5.74) is -0.584. The molecule has 0 bridgehead atoms. The normalized spacial score (nSPS) is 10.9. The lowest BCUT2D eigenvalue weighted by Gasteiger charge is -2.33. The lowest BCUT2D eigenvalue weighted by molar-refractivity contribution is -0.144. The summed E-state index contributed by atoms with van der Waals surface area (Å²) in [4.78, 5) is 47.7. The van der Waals surface area contributed by atoms with Crippen LogP contribution in [0.1, 0.15) is 79.1 Å². The minimum atomic E-state index is -0.584. The van der Waals surface area contributed by atoms with Crippen molar-refractivity contribution < 1.29 is 38.1 Å². The van der Waals surface area contributed by atoms with Gasteiger partial charge in [-0.1, -0.05) is 0 Å². The third-order valence-corrected chi connectivity index (χ3v) is 4.66. The number of hydrogen-bond donors (Lipinski definition) is 0. The van der Waals surface area contributed by atoms with Crippen LogP contribution in [0, 0.1) is 5.41 Å². The molecule has 0 saturated carbocycles. The van der Waals surface area contributed by atoms with Crippen LogP contribution in [0.25, 0.3) is 0 Å². The molecule has 168 valence electrons. The topological polar surface area (TPSA) is 105 Å². The maximum Gasteiger partial charge on any atom is 0.305 e. The van der Waals surface area contributed by atoms with Crippen molar-refractivity contribution in [2.24, 2.45) is 5.41 Å². The Labute approximate surface area is 173 Å². The average Bonchev–Trinajstić information content (AvgIpc) is 2.68. The van der Waals surface area contributed by atoms with E-state index >= 15 is 0 Å². The maximum absolute atomic E-state index is 11.9. The van der Waals surface area contributed by atoms with Gasteiger partial charge in [0.05, 0.1) is 26.4 Å². The number of esters is 4. The zero-order valence-corrected chi connectivity index (χ0v) is 18.3. The Hall–Kier alpha value is -2.12. The number of ether oxygens (including phenoxy) is 4. The molecule has 0 radical (unpaired) electrons. The molecule has 8 heteroatoms. The van der Waals surface area contributed by atoms with Gasteiger partial charge in [0.25, 0.3) is 0 Å². The maximum atomic E-state index is 11.9. The van der Waals surface area contributed by atoms with Crippen molar-refractivity contribution in [2.75, 3.05) is 26.4 Å². The quantitative estimate of drug-likeness (QED) is 0.279. The molecule has 0 aromatic carbocycles. The van der Waals surface area contributed by atoms with E-state index in [1.165, 1.54) is 0 Å². The molecule has 0 aromatic heterocycles. The first-order valence-corrected chi connectivity index (χ1v) is 10.4. The van der Waals surface area contributed by atoms with E-state index in [0.29, 0.717) is 25.7 Å². The van der Waals surface area contributed by atoms with E-state index in [1.807, 2.05) is 0 Å². The zero-order chi connectivity index (χ0) is 22.1. The molecule has 0 unspecified atom stereocenters. The number of carbonyl (C=O) groups excluding carboxylic acids is 4. The van der Waals surface area contributed by atoms with E-state index in [-0.39, 0.29) is 76.0 Å². The first-order valence-electron chi connectivity index (χ1n) is 10.4. The molecule has 0 amide bonds. The van der Waals surface area contributed by atoms with Crippen LogP contribution in [0.3, 0.4) is 0 Å². The standard InChI is InChI=1S/C21H36O8/c1-5-26-17(22)9-13-21(14-10-18(23)27-6-2,15-11-19(24)28-7-3)16-12-20(25)29-8-4/h5-16H2,1-4H3. The highest BCUT2D eigenvalue weighted by molar-refractivity contribution is 5.71. The van der Waals surface area contributed by atoms with E-state index in [1.54, 1.807) is 27.7 Å². The molecule has 29 heavy (non-hydrogen) atoms. The molecule has 0 heterocycles. The van der Waals surface area contributed by atoms with Crippen LogP contribution in [-0.2, 0) is 38.1 Å². The van der Waals surface area contributed by atoms with Gasteiger partial charge in [-0.25, -0.2) is 0 Å². The van der Waals surface area contributed by atoms with Gasteiger partial charge in [-0.05, 0) is 58.8 Å². The highest BCUT2D eigenvalue weighted by atomic mass is 16.5. The Kier molecular flexibility index (Phi) is 14.6. The molecule has 0 atom stereocenters. The van der Waals surface area contributed by atoms with Crippen molar-refractivity contribution in [3.8, 4) is 0 Å². The van der Waals surface area contributed by atoms with Gasteiger partial charge < -0.3 is 18.9 Å². The zero-order valence-electron chi connectivity index (χ0n) is 18.3. The summed E-state index contributed by atoms with van der Waals surface area (Å²) in [5, 5.41) is 0. The monoisotopic (exact) mass is 416 g/mol. The summed E-state index contributed by atoms with van der Waals surface area (Å²) >= 11 is 0. The minimum Gasteiger partial charge on any atom is -0.466 e. The molecule has 0 N–H and O–H groups in total. The second kappa shape index (κ2) is 15.8. The second-order valence-corrected chi connectivity index (χ2v) is 6.72. The molecule has 0 aliphatic heterocycles. The Morgan fingerprint density at radius 2 is 0.690 bits per heavy atom. The van der Waals surface area contributed by atoms with E-state index < -0.39 is 5.41 Å². The van der Waals surface area contributed by atoms with E-state index in [4.69, 9.17) is 18.9 Å². The summed E-state index contributed by atoms with van der Waals surface area (Å²) in [6.07, 6.45) is 2.14. The molecular formula is C21H36O8. The number of rotatable bonds is 16. The van der Waals surface area contributed by atoms with E-state index in [9.17, 15) is 19.2 Å². The van der Waals surface area contributed by atoms with Crippen LogP contribution in [0.4, 0.5) is 0 Å². The molecule has 0 spiro atoms. The molecule has 0 saturated heterocycles. The van der Waals surface area contributed by atoms with Gasteiger partial charge in [0.2, 0.25) is 0 Å². The second-order valence-electron chi connectivity index (χ2n) is 6.72. The van der Waals surface area contributed by atoms with Crippen molar-refractivity contribution in [2.45, 2.75) is 79.1 Å². The third-order valence-electron chi connectivity index (χ3n) is 4.66. The number of carbonyl (C=O) groups is 4. The Bertz CT molecular complexity index is 421. The highest BCUT2D eigenvalue weighted by Crippen LogP contribution is 2.40. The average molecular weight is 417 g/mol. The molecule has 0 fully saturated rings. The fourth-order valence-electron chi connectivity index (χ4n) is 3.15. The van der Waals surface area contributed by atoms with Gasteiger partial charge >= 0.3 is 23.9 Å². The largest absolute Gasteiger partial charge is 0.466 e. The predicted molar refractivity (Wildman–Crippen MR) is 106 cm³/mol. The first kappa shape index (κ1) is 26.9. The smallest absolute Gasteiger partial charge is 0.305 e. The lowest BCUT2D eigenvalue weighted by Crippen LogP contribution is -2.27. The van der Waals surface area contributed by atoms with Gasteiger partial charge in [0.1, 0.15) is 0 Å². The molecule has 0 aliphatic carbocycles. The van der Waals surface area contributed by atoms with Crippen LogP contribution >= 0.6 is 0 Å². The summed E-state index contributed by atoms with van der Waals surface area (Å²) in [5.74, 6) is -1.39. The lowest BCUT2D eigenvalue weighted by atomic mass is 9.72. The molecule has 0 rings (SSSR count). The fourth-order valence-corrected chi connectivity index (χ4v) is 3.15. The summed E-state index contributed by atoms with van der Waals surface area (Å²) in [7, 11) is 0. The predicted octanol–water partition coefficient (Wildman–Crippen LogP) is 3.35. The van der Waals surface area contributed by atoms with Gasteiger partial charge in [0.15, 0.2) is 0 Å². The van der Waals surface area contributed by atoms with Crippen LogP contribution in [-0.4, -0.2) is 50.3 Å². The SMILES string of the molecule is CCOC(=O)CCC(CCC(=O)OCC)(CCC(=O)OCC)CCC(=O)OCC. The minimum absolute atomic E-state index is 0.141. The highest BCUT2D eigenvalue weighted by Gasteiger charge is 2.33. The fraction of sp³-hybridized carbons (Fsp3) is 0.810. The Balaban J connectivity index is 5.35. The van der Waals surface area contributed by atoms with Crippen molar-refractivity contribution in [1.29, 1.82) is 0 Å². The third kappa shape index (κ3) is 12.9. The van der Waals surface area contributed by atoms with Crippen molar-refractivity contribution >= 4 is 23.9 Å². The van der Waals surface area contributed by atoms with Crippen LogP contribution < -0.4 is 0 Å². The summed E-state index contributed by atoms with van der Waals surface area (Å²) in [6, 6.07) is 0. The Morgan fingerprint density at radius 3 is 0.862 bits per heavy atom. The molecule has 0 aliphatic rings. The summed E-state index contributed by atoms with van der Waals surface area (Å²) < 4.78 is 20.1. The molecule has 8 nitrogen and oxygen atoms in total. The Morgan fingerprint density at radius 1 is 0.483 bits per heavy atom. The van der Waals surface area contributed by atoms with Crippen molar-refractivity contribution in [3.63, 3.8) is 0 Å². The molecule has 0 aromatic rings. The van der Waals surface area contributed by atoms with Gasteiger partial charge in [0, 0.05) is 25.7 Å². The summed E-state index contributed by atoms with van der Waals surface area (Å²) in [6.45, 7) is 8.03. The van der Waals surface area contributed by atoms with Gasteiger partial charge in [-0.2, -0.15) is 0 Å². The van der Waals surface area contributed by atoms with Crippen molar-refractivity contribution in [1.82, 2.24) is 0 Å². The van der Waals surface area contributed by atoms with Crippen LogP contribution in [0.15, 0.2) is 0 Å². The van der Waals surface area contributed by atoms with Crippen molar-refractivity contribution in [3.05, 3.63) is 0 Å². The first-order chi connectivity index (χ1) is 13.8. The van der Waals surface area contributed by atoms with E-state index in [2.05, 4.69) is 0 Å². The van der Waals surface area contributed by atoms with Crippen LogP contribution in [0.5, 0.6) is 0 Å². The van der Waals surface area contributed by atoms with Gasteiger partial charge in [-0.3, -0.25) is 19.2 Å². The number of hydrogen-bond acceptors (Lipinski definition) is 8. The van der Waals surface area contributed by atoms with Crippen LogP contribution in [0.2, 0.25) is 0 Å². The molecular weight excluding hydrogens is 380 g/mol. The van der Waals surface area contributed by atoms with Gasteiger partial charge in [-0.15, -0.1) is 0 Å². The van der Waals surface area contributed by atoms with E-state index in [0.717, 1.165) is 0 Å².